The maximum Gasteiger partial charge on any atom is 0.338 e. The second kappa shape index (κ2) is 8.34. The number of fused-ring (bicyclic) bond motifs is 1. The highest BCUT2D eigenvalue weighted by atomic mass is 32.1. The quantitative estimate of drug-likeness (QED) is 0.621. The molecule has 0 amide bonds. The molecule has 2 aromatic heterocycles. The van der Waals surface area contributed by atoms with Crippen LogP contribution in [0.2, 0.25) is 0 Å². The number of hydrogen-bond acceptors (Lipinski definition) is 7. The van der Waals surface area contributed by atoms with Crippen LogP contribution in [0.25, 0.3) is 10.2 Å². The molecule has 0 bridgehead atoms. The Morgan fingerprint density at radius 1 is 1.31 bits per heavy atom. The van der Waals surface area contributed by atoms with Crippen LogP contribution in [0.3, 0.4) is 0 Å². The topological polar surface area (TPSA) is 90.5 Å². The Kier molecular flexibility index (Phi) is 5.64. The van der Waals surface area contributed by atoms with E-state index in [1.54, 1.807) is 24.3 Å². The predicted octanol–water partition coefficient (Wildman–Crippen LogP) is 3.52. The number of benzene rings is 1. The van der Waals surface area contributed by atoms with Crippen LogP contribution < -0.4 is 10.3 Å². The molecule has 0 radical (unpaired) electrons. The van der Waals surface area contributed by atoms with Gasteiger partial charge in [0.15, 0.2) is 0 Å². The monoisotopic (exact) mass is 414 g/mol. The molecule has 0 spiro atoms. The standard InChI is InChI=1S/C21H22N2O5S/c1-12-13(2)29-20-18(12)19(24)22-17(23-20)11-28-21(25)14-5-7-15(8-6-14)27-10-16-4-3-9-26-16/h5-8,16H,3-4,9-11H2,1-2H3,(H,22,23,24). The summed E-state index contributed by atoms with van der Waals surface area (Å²) in [6.07, 6.45) is 2.22. The Bertz CT molecular complexity index is 1080. The van der Waals surface area contributed by atoms with Crippen molar-refractivity contribution in [1.82, 2.24) is 9.97 Å². The average molecular weight is 414 g/mol. The van der Waals surface area contributed by atoms with Crippen molar-refractivity contribution < 1.29 is 19.0 Å². The number of nitrogens with one attached hydrogen (secondary N) is 1. The molecule has 3 heterocycles. The number of carbonyl (C=O) groups is 1. The minimum atomic E-state index is -0.489. The number of nitrogens with zero attached hydrogens (tertiary/aromatic N) is 1. The second-order valence-electron chi connectivity index (χ2n) is 7.02. The van der Waals surface area contributed by atoms with Gasteiger partial charge >= 0.3 is 5.97 Å². The number of H-pyrrole nitrogens is 1. The molecule has 1 saturated heterocycles. The summed E-state index contributed by atoms with van der Waals surface area (Å²) in [6.45, 7) is 5.05. The number of esters is 1. The maximum atomic E-state index is 12.3. The first-order chi connectivity index (χ1) is 14.0. The number of aromatic nitrogens is 2. The lowest BCUT2D eigenvalue weighted by atomic mass is 10.2. The highest BCUT2D eigenvalue weighted by molar-refractivity contribution is 7.18. The molecule has 1 aliphatic rings. The van der Waals surface area contributed by atoms with Crippen LogP contribution in [-0.4, -0.2) is 35.3 Å². The summed E-state index contributed by atoms with van der Waals surface area (Å²) >= 11 is 1.46. The Morgan fingerprint density at radius 2 is 2.10 bits per heavy atom. The van der Waals surface area contributed by atoms with Crippen LogP contribution in [0, 0.1) is 13.8 Å². The molecule has 7 nitrogen and oxygen atoms in total. The largest absolute Gasteiger partial charge is 0.491 e. The fourth-order valence-electron chi connectivity index (χ4n) is 3.24. The van der Waals surface area contributed by atoms with Crippen molar-refractivity contribution in [2.24, 2.45) is 0 Å². The molecule has 1 N–H and O–H groups in total. The fraction of sp³-hybridized carbons (Fsp3) is 0.381. The lowest BCUT2D eigenvalue weighted by Crippen LogP contribution is -2.16. The molecule has 1 aliphatic heterocycles. The van der Waals surface area contributed by atoms with E-state index in [9.17, 15) is 9.59 Å². The number of hydrogen-bond donors (Lipinski definition) is 1. The van der Waals surface area contributed by atoms with Crippen LogP contribution in [0.5, 0.6) is 5.75 Å². The van der Waals surface area contributed by atoms with E-state index in [0.29, 0.717) is 34.0 Å². The first-order valence-corrected chi connectivity index (χ1v) is 10.3. The predicted molar refractivity (Wildman–Crippen MR) is 110 cm³/mol. The van der Waals surface area contributed by atoms with Gasteiger partial charge in [0, 0.05) is 11.5 Å². The molecule has 8 heteroatoms. The molecule has 1 atom stereocenters. The molecule has 3 aromatic rings. The highest BCUT2D eigenvalue weighted by Gasteiger charge is 2.16. The van der Waals surface area contributed by atoms with Gasteiger partial charge in [-0.15, -0.1) is 11.3 Å². The van der Waals surface area contributed by atoms with E-state index in [1.807, 2.05) is 13.8 Å². The third-order valence-corrected chi connectivity index (χ3v) is 6.08. The van der Waals surface area contributed by atoms with Gasteiger partial charge in [0.1, 0.15) is 29.6 Å². The van der Waals surface area contributed by atoms with Crippen molar-refractivity contribution in [3.63, 3.8) is 0 Å². The minimum Gasteiger partial charge on any atom is -0.491 e. The van der Waals surface area contributed by atoms with Gasteiger partial charge in [0.25, 0.3) is 5.56 Å². The van der Waals surface area contributed by atoms with Gasteiger partial charge in [0.05, 0.1) is 17.1 Å². The van der Waals surface area contributed by atoms with E-state index in [1.165, 1.54) is 11.3 Å². The minimum absolute atomic E-state index is 0.0999. The zero-order valence-electron chi connectivity index (χ0n) is 16.3. The summed E-state index contributed by atoms with van der Waals surface area (Å²) in [5.74, 6) is 0.516. The summed E-state index contributed by atoms with van der Waals surface area (Å²) in [4.78, 5) is 33.4. The Morgan fingerprint density at radius 3 is 2.83 bits per heavy atom. The molecule has 0 saturated carbocycles. The zero-order chi connectivity index (χ0) is 20.4. The van der Waals surface area contributed by atoms with Crippen LogP contribution in [0.4, 0.5) is 0 Å². The normalized spacial score (nSPS) is 16.3. The fourth-order valence-corrected chi connectivity index (χ4v) is 4.29. The number of thiophene rings is 1. The van der Waals surface area contributed by atoms with Crippen molar-refractivity contribution >= 4 is 27.5 Å². The van der Waals surface area contributed by atoms with Crippen molar-refractivity contribution in [2.75, 3.05) is 13.2 Å². The van der Waals surface area contributed by atoms with Gasteiger partial charge in [-0.05, 0) is 56.5 Å². The molecule has 29 heavy (non-hydrogen) atoms. The first kappa shape index (κ1) is 19.6. The third kappa shape index (κ3) is 4.33. The summed E-state index contributed by atoms with van der Waals surface area (Å²) in [6, 6.07) is 6.76. The van der Waals surface area contributed by atoms with E-state index >= 15 is 0 Å². The molecule has 1 fully saturated rings. The molecule has 0 aliphatic carbocycles. The van der Waals surface area contributed by atoms with Gasteiger partial charge in [0.2, 0.25) is 0 Å². The van der Waals surface area contributed by atoms with E-state index in [2.05, 4.69) is 9.97 Å². The van der Waals surface area contributed by atoms with E-state index in [4.69, 9.17) is 14.2 Å². The SMILES string of the molecule is Cc1sc2nc(COC(=O)c3ccc(OCC4CCCO4)cc3)[nH]c(=O)c2c1C. The number of ether oxygens (including phenoxy) is 3. The smallest absolute Gasteiger partial charge is 0.338 e. The average Bonchev–Trinajstić information content (AvgIpc) is 3.33. The third-order valence-electron chi connectivity index (χ3n) is 4.98. The summed E-state index contributed by atoms with van der Waals surface area (Å²) in [5.41, 5.74) is 1.13. The summed E-state index contributed by atoms with van der Waals surface area (Å²) in [7, 11) is 0. The van der Waals surface area contributed by atoms with Crippen molar-refractivity contribution in [2.45, 2.75) is 39.4 Å². The second-order valence-corrected chi connectivity index (χ2v) is 8.23. The van der Waals surface area contributed by atoms with Crippen molar-refractivity contribution in [1.29, 1.82) is 0 Å². The number of rotatable bonds is 6. The van der Waals surface area contributed by atoms with E-state index < -0.39 is 5.97 Å². The summed E-state index contributed by atoms with van der Waals surface area (Å²) in [5, 5.41) is 0.598. The highest BCUT2D eigenvalue weighted by Crippen LogP contribution is 2.25. The van der Waals surface area contributed by atoms with Gasteiger partial charge in [-0.1, -0.05) is 0 Å². The lowest BCUT2D eigenvalue weighted by molar-refractivity contribution is 0.0462. The van der Waals surface area contributed by atoms with Gasteiger partial charge < -0.3 is 19.2 Å². The van der Waals surface area contributed by atoms with Crippen molar-refractivity contribution in [3.05, 3.63) is 56.4 Å². The molecule has 1 unspecified atom stereocenters. The molecular formula is C21H22N2O5S. The van der Waals surface area contributed by atoms with Crippen LogP contribution in [0.15, 0.2) is 29.1 Å². The first-order valence-electron chi connectivity index (χ1n) is 9.52. The lowest BCUT2D eigenvalue weighted by Gasteiger charge is -2.11. The van der Waals surface area contributed by atoms with E-state index in [0.717, 1.165) is 29.9 Å². The van der Waals surface area contributed by atoms with Crippen LogP contribution >= 0.6 is 11.3 Å². The molecule has 1 aromatic carbocycles. The van der Waals surface area contributed by atoms with Gasteiger partial charge in [-0.25, -0.2) is 9.78 Å². The Hall–Kier alpha value is -2.71. The Labute approximate surface area is 171 Å². The summed E-state index contributed by atoms with van der Waals surface area (Å²) < 4.78 is 16.5. The van der Waals surface area contributed by atoms with Gasteiger partial charge in [-0.2, -0.15) is 0 Å². The van der Waals surface area contributed by atoms with E-state index in [-0.39, 0.29) is 18.3 Å². The molecular weight excluding hydrogens is 392 g/mol. The maximum absolute atomic E-state index is 12.3. The van der Waals surface area contributed by atoms with Crippen molar-refractivity contribution in [3.8, 4) is 5.75 Å². The van der Waals surface area contributed by atoms with Crippen LogP contribution in [-0.2, 0) is 16.1 Å². The van der Waals surface area contributed by atoms with Gasteiger partial charge in [-0.3, -0.25) is 4.79 Å². The Balaban J connectivity index is 1.36. The van der Waals surface area contributed by atoms with Crippen LogP contribution in [0.1, 0.15) is 39.5 Å². The molecule has 4 rings (SSSR count). The number of carbonyl (C=O) groups excluding carboxylic acids is 1. The zero-order valence-corrected chi connectivity index (χ0v) is 17.1. The number of aromatic amines is 1. The molecule has 152 valence electrons. The number of aryl methyl sites for hydroxylation is 2.